The van der Waals surface area contributed by atoms with Crippen molar-refractivity contribution in [3.8, 4) is 0 Å². The highest BCUT2D eigenvalue weighted by atomic mass is 32.1. The molecule has 0 spiro atoms. The van der Waals surface area contributed by atoms with Crippen molar-refractivity contribution in [3.63, 3.8) is 0 Å². The second-order valence-corrected chi connectivity index (χ2v) is 6.32. The molecule has 1 aromatic heterocycles. The normalized spacial score (nSPS) is 24.6. The number of hydrogen-bond acceptors (Lipinski definition) is 2. The average molecular weight is 243 g/mol. The smallest absolute Gasteiger partial charge is 0.0444 e. The molecule has 0 amide bonds. The number of hydrogen-bond donors (Lipinski definition) is 0. The van der Waals surface area contributed by atoms with E-state index >= 15 is 0 Å². The highest BCUT2D eigenvalue weighted by Gasteiger charge is 2.31. The molecule has 3 heterocycles. The monoisotopic (exact) mass is 243 g/mol. The van der Waals surface area contributed by atoms with Gasteiger partial charge in [0.25, 0.3) is 0 Å². The van der Waals surface area contributed by atoms with Gasteiger partial charge in [0, 0.05) is 22.2 Å². The van der Waals surface area contributed by atoms with E-state index in [4.69, 9.17) is 0 Å². The highest BCUT2D eigenvalue weighted by Crippen LogP contribution is 2.44. The van der Waals surface area contributed by atoms with Gasteiger partial charge in [-0.05, 0) is 42.8 Å². The van der Waals surface area contributed by atoms with Crippen LogP contribution in [-0.2, 0) is 6.42 Å². The Bertz CT molecular complexity index is 557. The van der Waals surface area contributed by atoms with Crippen LogP contribution in [0.1, 0.15) is 35.7 Å². The van der Waals surface area contributed by atoms with Crippen molar-refractivity contribution < 1.29 is 0 Å². The Hall–Kier alpha value is -0.860. The predicted octanol–water partition coefficient (Wildman–Crippen LogP) is 3.98. The number of nitrogens with zero attached hydrogens (tertiary/aromatic N) is 1. The third kappa shape index (κ3) is 1.47. The largest absolute Gasteiger partial charge is 0.295 e. The first-order valence-corrected chi connectivity index (χ1v) is 7.49. The van der Waals surface area contributed by atoms with Crippen LogP contribution in [-0.4, -0.2) is 18.0 Å². The van der Waals surface area contributed by atoms with Crippen LogP contribution in [0.4, 0.5) is 0 Å². The fraction of sp³-hybridized carbons (Fsp3) is 0.467. The molecule has 0 N–H and O–H groups in total. The van der Waals surface area contributed by atoms with Crippen LogP contribution in [0.3, 0.4) is 0 Å². The lowest BCUT2D eigenvalue weighted by molar-refractivity contribution is 0.142. The van der Waals surface area contributed by atoms with E-state index in [9.17, 15) is 0 Å². The summed E-state index contributed by atoms with van der Waals surface area (Å²) in [6.45, 7) is 2.59. The van der Waals surface area contributed by atoms with Gasteiger partial charge in [0.15, 0.2) is 0 Å². The van der Waals surface area contributed by atoms with Crippen LogP contribution in [0.15, 0.2) is 24.3 Å². The lowest BCUT2D eigenvalue weighted by Crippen LogP contribution is -2.37. The number of thiophene rings is 1. The van der Waals surface area contributed by atoms with Gasteiger partial charge in [-0.2, -0.15) is 0 Å². The average Bonchev–Trinajstić information content (AvgIpc) is 2.78. The van der Waals surface area contributed by atoms with Gasteiger partial charge in [-0.15, -0.1) is 11.3 Å². The summed E-state index contributed by atoms with van der Waals surface area (Å²) in [6, 6.07) is 9.69. The summed E-state index contributed by atoms with van der Waals surface area (Å²) < 4.78 is 1.49. The zero-order chi connectivity index (χ0) is 11.2. The predicted molar refractivity (Wildman–Crippen MR) is 73.7 cm³/mol. The summed E-state index contributed by atoms with van der Waals surface area (Å²) in [4.78, 5) is 4.39. The van der Waals surface area contributed by atoms with Crippen LogP contribution >= 0.6 is 11.3 Å². The Morgan fingerprint density at radius 3 is 3.06 bits per heavy atom. The lowest BCUT2D eigenvalue weighted by Gasteiger charge is -2.39. The zero-order valence-corrected chi connectivity index (χ0v) is 10.8. The Balaban J connectivity index is 1.89. The maximum atomic E-state index is 2.71. The number of piperidine rings is 1. The van der Waals surface area contributed by atoms with Crippen molar-refractivity contribution in [2.75, 3.05) is 13.1 Å². The summed E-state index contributed by atoms with van der Waals surface area (Å²) in [6.07, 6.45) is 5.45. The third-order valence-corrected chi connectivity index (χ3v) is 5.61. The van der Waals surface area contributed by atoms with Crippen molar-refractivity contribution in [1.82, 2.24) is 4.90 Å². The molecule has 1 fully saturated rings. The van der Waals surface area contributed by atoms with E-state index in [0.717, 1.165) is 6.04 Å². The van der Waals surface area contributed by atoms with Gasteiger partial charge >= 0.3 is 0 Å². The van der Waals surface area contributed by atoms with Crippen LogP contribution in [0.5, 0.6) is 0 Å². The number of benzene rings is 1. The van der Waals surface area contributed by atoms with Crippen molar-refractivity contribution >= 4 is 21.4 Å². The summed E-state index contributed by atoms with van der Waals surface area (Å²) in [5.41, 5.74) is 1.66. The number of fused-ring (bicyclic) bond motifs is 5. The SMILES string of the molecule is c1ccc2c3c(sc2c1)[C@H]1CCCCN1CC3. The van der Waals surface area contributed by atoms with Crippen LogP contribution < -0.4 is 0 Å². The fourth-order valence-corrected chi connectivity index (χ4v) is 4.88. The molecule has 1 saturated heterocycles. The standard InChI is InChI=1S/C15H17NS/c1-2-7-14-11(5-1)12-8-10-16-9-4-3-6-13(16)15(12)17-14/h1-2,5,7,13H,3-4,6,8-10H2/t13-/m1/s1. The summed E-state index contributed by atoms with van der Waals surface area (Å²) in [5, 5.41) is 1.53. The van der Waals surface area contributed by atoms with Crippen LogP contribution in [0.2, 0.25) is 0 Å². The van der Waals surface area contributed by atoms with E-state index < -0.39 is 0 Å². The van der Waals surface area contributed by atoms with Gasteiger partial charge in [-0.1, -0.05) is 24.6 Å². The van der Waals surface area contributed by atoms with Crippen LogP contribution in [0.25, 0.3) is 10.1 Å². The minimum Gasteiger partial charge on any atom is -0.295 e. The lowest BCUT2D eigenvalue weighted by atomic mass is 9.92. The molecular formula is C15H17NS. The first kappa shape index (κ1) is 10.1. The van der Waals surface area contributed by atoms with E-state index in [0.29, 0.717) is 0 Å². The van der Waals surface area contributed by atoms with Gasteiger partial charge in [0.05, 0.1) is 0 Å². The molecule has 17 heavy (non-hydrogen) atoms. The van der Waals surface area contributed by atoms with Gasteiger partial charge in [-0.3, -0.25) is 4.90 Å². The molecule has 0 aliphatic carbocycles. The molecule has 0 radical (unpaired) electrons. The van der Waals surface area contributed by atoms with Gasteiger partial charge in [-0.25, -0.2) is 0 Å². The molecule has 0 bridgehead atoms. The molecule has 4 rings (SSSR count). The van der Waals surface area contributed by atoms with Crippen molar-refractivity contribution in [2.24, 2.45) is 0 Å². The molecular weight excluding hydrogens is 226 g/mol. The van der Waals surface area contributed by atoms with Gasteiger partial charge < -0.3 is 0 Å². The van der Waals surface area contributed by atoms with Gasteiger partial charge in [0.2, 0.25) is 0 Å². The van der Waals surface area contributed by atoms with Gasteiger partial charge in [0.1, 0.15) is 0 Å². The fourth-order valence-electron chi connectivity index (χ4n) is 3.46. The molecule has 2 aliphatic rings. The molecule has 1 nitrogen and oxygen atoms in total. The molecule has 2 heteroatoms. The van der Waals surface area contributed by atoms with E-state index in [1.807, 2.05) is 11.3 Å². The molecule has 88 valence electrons. The van der Waals surface area contributed by atoms with Crippen molar-refractivity contribution in [2.45, 2.75) is 31.7 Å². The Morgan fingerprint density at radius 2 is 2.06 bits per heavy atom. The maximum absolute atomic E-state index is 2.71. The Labute approximate surface area is 106 Å². The van der Waals surface area contributed by atoms with E-state index in [1.54, 1.807) is 10.4 Å². The van der Waals surface area contributed by atoms with E-state index in [-0.39, 0.29) is 0 Å². The summed E-state index contributed by atoms with van der Waals surface area (Å²) in [7, 11) is 0. The maximum Gasteiger partial charge on any atom is 0.0444 e. The second kappa shape index (κ2) is 3.82. The number of rotatable bonds is 0. The summed E-state index contributed by atoms with van der Waals surface area (Å²) in [5.74, 6) is 0. The molecule has 1 aromatic carbocycles. The topological polar surface area (TPSA) is 3.24 Å². The Kier molecular flexibility index (Phi) is 2.27. The first-order valence-electron chi connectivity index (χ1n) is 6.68. The highest BCUT2D eigenvalue weighted by molar-refractivity contribution is 7.19. The van der Waals surface area contributed by atoms with E-state index in [2.05, 4.69) is 29.2 Å². The minimum atomic E-state index is 0.741. The molecule has 0 unspecified atom stereocenters. The minimum absolute atomic E-state index is 0.741. The van der Waals surface area contributed by atoms with Crippen molar-refractivity contribution in [3.05, 3.63) is 34.7 Å². The molecule has 2 aliphatic heterocycles. The zero-order valence-electron chi connectivity index (χ0n) is 9.98. The molecule has 2 aromatic rings. The quantitative estimate of drug-likeness (QED) is 0.676. The van der Waals surface area contributed by atoms with E-state index in [1.165, 1.54) is 48.9 Å². The third-order valence-electron chi connectivity index (χ3n) is 4.29. The van der Waals surface area contributed by atoms with Crippen LogP contribution in [0, 0.1) is 0 Å². The van der Waals surface area contributed by atoms with Crippen molar-refractivity contribution in [1.29, 1.82) is 0 Å². The Morgan fingerprint density at radius 1 is 1.12 bits per heavy atom. The summed E-state index contributed by atoms with van der Waals surface area (Å²) >= 11 is 2.04. The first-order chi connectivity index (χ1) is 8.43. The molecule has 0 saturated carbocycles. The molecule has 1 atom stereocenters. The second-order valence-electron chi connectivity index (χ2n) is 5.24.